The lowest BCUT2D eigenvalue weighted by atomic mass is 9.98. The fraction of sp³-hybridized carbons (Fsp3) is 0.263. The summed E-state index contributed by atoms with van der Waals surface area (Å²) in [5.41, 5.74) is 6.66. The number of benzene rings is 1. The molecule has 132 valence electrons. The number of carbonyl (C=O) groups excluding carboxylic acids is 1. The maximum atomic E-state index is 13.0. The third-order valence-electron chi connectivity index (χ3n) is 4.10. The number of aromatic nitrogens is 1. The van der Waals surface area contributed by atoms with Crippen LogP contribution in [-0.2, 0) is 4.74 Å². The van der Waals surface area contributed by atoms with Crippen LogP contribution in [0, 0.1) is 11.3 Å². The number of pyridine rings is 1. The van der Waals surface area contributed by atoms with E-state index < -0.39 is 5.97 Å². The number of hydrogen-bond acceptors (Lipinski definition) is 7. The quantitative estimate of drug-likeness (QED) is 0.568. The summed E-state index contributed by atoms with van der Waals surface area (Å²) >= 11 is 0. The van der Waals surface area contributed by atoms with E-state index in [9.17, 15) is 14.9 Å². The number of nitrogen functional groups attached to an aromatic ring is 1. The lowest BCUT2D eigenvalue weighted by Gasteiger charge is -2.10. The number of rotatable bonds is 3. The molecule has 2 aromatic heterocycles. The van der Waals surface area contributed by atoms with Crippen LogP contribution < -0.4 is 11.2 Å². The fourth-order valence-electron chi connectivity index (χ4n) is 2.71. The summed E-state index contributed by atoms with van der Waals surface area (Å²) in [7, 11) is 0. The van der Waals surface area contributed by atoms with Gasteiger partial charge in [0, 0.05) is 0 Å². The van der Waals surface area contributed by atoms with Gasteiger partial charge in [-0.1, -0.05) is 13.8 Å². The van der Waals surface area contributed by atoms with Crippen LogP contribution in [0.5, 0.6) is 0 Å². The molecular weight excluding hydrogens is 334 g/mol. The van der Waals surface area contributed by atoms with Gasteiger partial charge in [0.25, 0.3) is 0 Å². The van der Waals surface area contributed by atoms with E-state index in [0.717, 1.165) is 5.56 Å². The second kappa shape index (κ2) is 6.48. The third-order valence-corrected chi connectivity index (χ3v) is 4.10. The zero-order valence-electron chi connectivity index (χ0n) is 14.6. The van der Waals surface area contributed by atoms with Crippen LogP contribution in [0.1, 0.15) is 48.2 Å². The average molecular weight is 351 g/mol. The Morgan fingerprint density at radius 3 is 2.69 bits per heavy atom. The molecule has 2 N–H and O–H groups in total. The third kappa shape index (κ3) is 2.75. The predicted molar refractivity (Wildman–Crippen MR) is 97.0 cm³/mol. The van der Waals surface area contributed by atoms with Gasteiger partial charge in [0.05, 0.1) is 22.9 Å². The lowest BCUT2D eigenvalue weighted by Crippen LogP contribution is -2.12. The van der Waals surface area contributed by atoms with Gasteiger partial charge >= 0.3 is 5.97 Å². The van der Waals surface area contributed by atoms with E-state index in [1.807, 2.05) is 13.8 Å². The number of nitrogens with zero attached hydrogens (tertiary/aromatic N) is 2. The minimum Gasteiger partial charge on any atom is -0.462 e. The topological polar surface area (TPSA) is 119 Å². The number of anilines is 1. The Kier molecular flexibility index (Phi) is 4.34. The highest BCUT2D eigenvalue weighted by Gasteiger charge is 2.19. The molecule has 0 aliphatic heterocycles. The van der Waals surface area contributed by atoms with Crippen LogP contribution in [0.3, 0.4) is 0 Å². The van der Waals surface area contributed by atoms with Crippen molar-refractivity contribution >= 4 is 33.9 Å². The molecule has 0 fully saturated rings. The van der Waals surface area contributed by atoms with Gasteiger partial charge in [0.1, 0.15) is 17.5 Å². The van der Waals surface area contributed by atoms with Crippen molar-refractivity contribution < 1.29 is 13.9 Å². The van der Waals surface area contributed by atoms with Crippen molar-refractivity contribution in [1.82, 2.24) is 4.98 Å². The second-order valence-corrected chi connectivity index (χ2v) is 6.14. The smallest absolute Gasteiger partial charge is 0.341 e. The van der Waals surface area contributed by atoms with Crippen molar-refractivity contribution in [3.05, 3.63) is 45.1 Å². The van der Waals surface area contributed by atoms with Crippen LogP contribution in [-0.4, -0.2) is 17.6 Å². The maximum absolute atomic E-state index is 13.0. The molecule has 0 saturated heterocycles. The molecule has 0 unspecified atom stereocenters. The Morgan fingerprint density at radius 1 is 1.35 bits per heavy atom. The summed E-state index contributed by atoms with van der Waals surface area (Å²) in [6.45, 7) is 5.77. The first-order chi connectivity index (χ1) is 12.4. The van der Waals surface area contributed by atoms with E-state index >= 15 is 0 Å². The Bertz CT molecular complexity index is 1140. The van der Waals surface area contributed by atoms with Gasteiger partial charge in [-0.15, -0.1) is 0 Å². The van der Waals surface area contributed by atoms with E-state index in [1.54, 1.807) is 19.1 Å². The molecule has 7 nitrogen and oxygen atoms in total. The lowest BCUT2D eigenvalue weighted by molar-refractivity contribution is 0.0527. The first kappa shape index (κ1) is 17.4. The van der Waals surface area contributed by atoms with Gasteiger partial charge in [-0.3, -0.25) is 4.79 Å². The molecule has 3 rings (SSSR count). The van der Waals surface area contributed by atoms with Gasteiger partial charge < -0.3 is 14.9 Å². The fourth-order valence-corrected chi connectivity index (χ4v) is 2.71. The largest absolute Gasteiger partial charge is 0.462 e. The van der Waals surface area contributed by atoms with Gasteiger partial charge in [-0.25, -0.2) is 4.79 Å². The summed E-state index contributed by atoms with van der Waals surface area (Å²) in [5, 5.41) is 9.79. The molecule has 0 spiro atoms. The Hall–Kier alpha value is -3.40. The van der Waals surface area contributed by atoms with Crippen LogP contribution in [0.25, 0.3) is 22.1 Å². The van der Waals surface area contributed by atoms with Crippen LogP contribution in [0.2, 0.25) is 0 Å². The first-order valence-electron chi connectivity index (χ1n) is 8.15. The van der Waals surface area contributed by atoms with E-state index in [1.165, 1.54) is 6.07 Å². The van der Waals surface area contributed by atoms with E-state index in [4.69, 9.17) is 14.9 Å². The van der Waals surface area contributed by atoms with Crippen molar-refractivity contribution in [2.75, 3.05) is 12.3 Å². The molecular formula is C19H17N3O4. The maximum Gasteiger partial charge on any atom is 0.341 e. The van der Waals surface area contributed by atoms with Crippen molar-refractivity contribution in [2.45, 2.75) is 26.7 Å². The minimum absolute atomic E-state index is 0.00604. The minimum atomic E-state index is -0.660. The molecule has 0 aliphatic rings. The number of carbonyl (C=O) groups is 1. The highest BCUT2D eigenvalue weighted by atomic mass is 16.5. The molecule has 7 heteroatoms. The van der Waals surface area contributed by atoms with Gasteiger partial charge in [-0.2, -0.15) is 10.2 Å². The van der Waals surface area contributed by atoms with Crippen LogP contribution in [0.15, 0.2) is 27.4 Å². The van der Waals surface area contributed by atoms with Crippen molar-refractivity contribution in [3.63, 3.8) is 0 Å². The average Bonchev–Trinajstić information content (AvgIpc) is 2.60. The standard InChI is InChI=1S/C19H17N3O4/c1-4-25-19(24)14-7-13-15(23)12-6-10(9(2)3)5-11(8-20)16(12)26-18(13)22-17(14)21/h5-7,9H,4H2,1-3H3,(H2,21,22). The summed E-state index contributed by atoms with van der Waals surface area (Å²) in [6.07, 6.45) is 0. The van der Waals surface area contributed by atoms with Gasteiger partial charge in [-0.05, 0) is 36.6 Å². The molecule has 2 heterocycles. The molecule has 1 aromatic carbocycles. The highest BCUT2D eigenvalue weighted by molar-refractivity contribution is 5.99. The predicted octanol–water partition coefficient (Wildman–Crippen LogP) is 3.10. The molecule has 0 bridgehead atoms. The van der Waals surface area contributed by atoms with Crippen molar-refractivity contribution in [2.24, 2.45) is 0 Å². The number of nitrogens with two attached hydrogens (primary N) is 1. The molecule has 0 amide bonds. The van der Waals surface area contributed by atoms with Gasteiger partial charge in [0.2, 0.25) is 11.1 Å². The highest BCUT2D eigenvalue weighted by Crippen LogP contribution is 2.27. The number of esters is 1. The summed E-state index contributed by atoms with van der Waals surface area (Å²) in [4.78, 5) is 29.0. The van der Waals surface area contributed by atoms with E-state index in [-0.39, 0.29) is 57.0 Å². The van der Waals surface area contributed by atoms with Crippen molar-refractivity contribution in [3.8, 4) is 6.07 Å². The number of ether oxygens (including phenoxy) is 1. The monoisotopic (exact) mass is 351 g/mol. The summed E-state index contributed by atoms with van der Waals surface area (Å²) in [6, 6.07) is 6.77. The van der Waals surface area contributed by atoms with Crippen LogP contribution in [0.4, 0.5) is 5.82 Å². The SMILES string of the molecule is CCOC(=O)c1cc2c(=O)c3cc(C(C)C)cc(C#N)c3oc2nc1N. The van der Waals surface area contributed by atoms with E-state index in [0.29, 0.717) is 0 Å². The zero-order chi connectivity index (χ0) is 19.0. The molecule has 0 radical (unpaired) electrons. The number of hydrogen-bond donors (Lipinski definition) is 1. The number of fused-ring (bicyclic) bond motifs is 2. The Balaban J connectivity index is 2.41. The molecule has 0 atom stereocenters. The molecule has 0 saturated carbocycles. The normalized spacial score (nSPS) is 11.0. The zero-order valence-corrected chi connectivity index (χ0v) is 14.6. The molecule has 3 aromatic rings. The Labute approximate surface area is 149 Å². The van der Waals surface area contributed by atoms with E-state index in [2.05, 4.69) is 11.1 Å². The van der Waals surface area contributed by atoms with Gasteiger partial charge in [0.15, 0.2) is 5.58 Å². The van der Waals surface area contributed by atoms with Crippen molar-refractivity contribution in [1.29, 1.82) is 5.26 Å². The Morgan fingerprint density at radius 2 is 2.08 bits per heavy atom. The van der Waals surface area contributed by atoms with Crippen LogP contribution >= 0.6 is 0 Å². The first-order valence-corrected chi connectivity index (χ1v) is 8.15. The molecule has 0 aliphatic carbocycles. The second-order valence-electron chi connectivity index (χ2n) is 6.14. The number of nitriles is 1. The summed E-state index contributed by atoms with van der Waals surface area (Å²) in [5.74, 6) is -0.635. The molecule has 26 heavy (non-hydrogen) atoms. The summed E-state index contributed by atoms with van der Waals surface area (Å²) < 4.78 is 10.6.